The number of carboxylic acids is 1. The minimum absolute atomic E-state index is 0.0127. The first-order valence-electron chi connectivity index (χ1n) is 6.98. The van der Waals surface area contributed by atoms with E-state index in [1.165, 1.54) is 22.5 Å². The maximum absolute atomic E-state index is 12.8. The van der Waals surface area contributed by atoms with Gasteiger partial charge < -0.3 is 10.8 Å². The van der Waals surface area contributed by atoms with Crippen LogP contribution in [0.15, 0.2) is 23.1 Å². The normalized spacial score (nSPS) is 20.9. The van der Waals surface area contributed by atoms with Crippen molar-refractivity contribution < 1.29 is 18.3 Å². The van der Waals surface area contributed by atoms with Crippen LogP contribution in [-0.4, -0.2) is 36.4 Å². The van der Waals surface area contributed by atoms with E-state index < -0.39 is 16.0 Å². The number of benzene rings is 1. The minimum atomic E-state index is -3.69. The quantitative estimate of drug-likeness (QED) is 0.830. The van der Waals surface area contributed by atoms with Crippen LogP contribution in [0, 0.1) is 0 Å². The Bertz CT molecular complexity index is 642. The molecule has 1 saturated heterocycles. The molecule has 2 rings (SSSR count). The Hall–Kier alpha value is -1.60. The highest BCUT2D eigenvalue weighted by atomic mass is 32.2. The molecule has 0 saturated carbocycles. The number of carboxylic acid groups (broad SMARTS) is 1. The summed E-state index contributed by atoms with van der Waals surface area (Å²) in [5.74, 6) is -1.13. The summed E-state index contributed by atoms with van der Waals surface area (Å²) >= 11 is 0. The van der Waals surface area contributed by atoms with E-state index in [2.05, 4.69) is 0 Å². The van der Waals surface area contributed by atoms with Crippen LogP contribution in [0.25, 0.3) is 0 Å². The van der Waals surface area contributed by atoms with Gasteiger partial charge in [0.05, 0.1) is 11.3 Å². The van der Waals surface area contributed by atoms with Gasteiger partial charge in [-0.1, -0.05) is 12.8 Å². The number of aromatic carboxylic acids is 1. The lowest BCUT2D eigenvalue weighted by Gasteiger charge is -2.26. The van der Waals surface area contributed by atoms with Crippen LogP contribution in [0.3, 0.4) is 0 Å². The Morgan fingerprint density at radius 2 is 2.05 bits per heavy atom. The van der Waals surface area contributed by atoms with Crippen LogP contribution >= 0.6 is 0 Å². The number of hydrogen-bond donors (Lipinski definition) is 2. The lowest BCUT2D eigenvalue weighted by molar-refractivity contribution is 0.0697. The number of nitrogen functional groups attached to an aromatic ring is 1. The number of anilines is 1. The van der Waals surface area contributed by atoms with E-state index >= 15 is 0 Å². The zero-order valence-corrected chi connectivity index (χ0v) is 12.8. The highest BCUT2D eigenvalue weighted by Crippen LogP contribution is 2.28. The third-order valence-corrected chi connectivity index (χ3v) is 5.92. The molecule has 0 spiro atoms. The second-order valence-corrected chi connectivity index (χ2v) is 7.23. The Morgan fingerprint density at radius 3 is 2.67 bits per heavy atom. The van der Waals surface area contributed by atoms with Crippen LogP contribution in [0.4, 0.5) is 5.69 Å². The van der Waals surface area contributed by atoms with Crippen LogP contribution in [0.1, 0.15) is 43.0 Å². The lowest BCUT2D eigenvalue weighted by Crippen LogP contribution is -2.38. The molecule has 0 aromatic heterocycles. The summed E-state index contributed by atoms with van der Waals surface area (Å²) in [7, 11) is -3.69. The van der Waals surface area contributed by atoms with Gasteiger partial charge in [-0.3, -0.25) is 0 Å². The summed E-state index contributed by atoms with van der Waals surface area (Å²) in [4.78, 5) is 10.9. The fourth-order valence-electron chi connectivity index (χ4n) is 2.65. The molecule has 1 aromatic carbocycles. The average Bonchev–Trinajstić information content (AvgIpc) is 2.63. The van der Waals surface area contributed by atoms with Gasteiger partial charge in [0.15, 0.2) is 0 Å². The fraction of sp³-hybridized carbons (Fsp3) is 0.500. The predicted octanol–water partition coefficient (Wildman–Crippen LogP) is 1.92. The molecule has 1 aliphatic rings. The number of rotatable bonds is 3. The number of nitrogens with two attached hydrogens (primary N) is 1. The Balaban J connectivity index is 2.41. The number of carbonyl (C=O) groups is 1. The smallest absolute Gasteiger partial charge is 0.335 e. The summed E-state index contributed by atoms with van der Waals surface area (Å²) in [6, 6.07) is 3.67. The molecule has 0 amide bonds. The van der Waals surface area contributed by atoms with Crippen molar-refractivity contribution in [2.45, 2.75) is 43.5 Å². The molecule has 1 fully saturated rings. The van der Waals surface area contributed by atoms with Crippen molar-refractivity contribution in [2.24, 2.45) is 0 Å². The molecular weight excluding hydrogens is 292 g/mol. The molecule has 1 heterocycles. The van der Waals surface area contributed by atoms with Crippen molar-refractivity contribution in [1.82, 2.24) is 4.31 Å². The first-order chi connectivity index (χ1) is 9.84. The Morgan fingerprint density at radius 1 is 1.33 bits per heavy atom. The van der Waals surface area contributed by atoms with E-state index in [4.69, 9.17) is 10.8 Å². The van der Waals surface area contributed by atoms with Gasteiger partial charge in [-0.2, -0.15) is 4.31 Å². The summed E-state index contributed by atoms with van der Waals surface area (Å²) in [5.41, 5.74) is 5.73. The van der Waals surface area contributed by atoms with Gasteiger partial charge in [0, 0.05) is 12.6 Å². The van der Waals surface area contributed by atoms with Crippen LogP contribution < -0.4 is 5.73 Å². The van der Waals surface area contributed by atoms with Crippen molar-refractivity contribution in [3.63, 3.8) is 0 Å². The first-order valence-corrected chi connectivity index (χ1v) is 8.42. The molecule has 1 aromatic rings. The second-order valence-electron chi connectivity index (χ2n) is 5.37. The molecule has 1 atom stereocenters. The maximum Gasteiger partial charge on any atom is 0.335 e. The Kier molecular flexibility index (Phi) is 4.53. The van der Waals surface area contributed by atoms with Gasteiger partial charge in [0.1, 0.15) is 4.90 Å². The summed E-state index contributed by atoms with van der Waals surface area (Å²) in [5, 5.41) is 8.92. The number of nitrogens with zero attached hydrogens (tertiary/aromatic N) is 1. The first kappa shape index (κ1) is 15.8. The van der Waals surface area contributed by atoms with Crippen LogP contribution in [0.2, 0.25) is 0 Å². The third-order valence-electron chi connectivity index (χ3n) is 3.84. The van der Waals surface area contributed by atoms with E-state index in [0.717, 1.165) is 25.7 Å². The minimum Gasteiger partial charge on any atom is -0.478 e. The Labute approximate surface area is 124 Å². The van der Waals surface area contributed by atoms with Crippen LogP contribution in [0.5, 0.6) is 0 Å². The highest BCUT2D eigenvalue weighted by Gasteiger charge is 2.31. The van der Waals surface area contributed by atoms with E-state index in [1.54, 1.807) is 0 Å². The molecule has 0 radical (unpaired) electrons. The average molecular weight is 312 g/mol. The largest absolute Gasteiger partial charge is 0.478 e. The third kappa shape index (κ3) is 3.19. The second kappa shape index (κ2) is 6.03. The predicted molar refractivity (Wildman–Crippen MR) is 79.6 cm³/mol. The topological polar surface area (TPSA) is 101 Å². The molecule has 7 heteroatoms. The summed E-state index contributed by atoms with van der Waals surface area (Å²) < 4.78 is 27.0. The SMILES string of the molecule is CC1CCCCCN1S(=O)(=O)c1ccc(C(=O)O)cc1N. The highest BCUT2D eigenvalue weighted by molar-refractivity contribution is 7.89. The van der Waals surface area contributed by atoms with Crippen molar-refractivity contribution in [2.75, 3.05) is 12.3 Å². The standard InChI is InChI=1S/C14H20N2O4S/c1-10-5-3-2-4-8-16(10)21(19,20)13-7-6-11(14(17)18)9-12(13)15/h6-7,9-10H,2-5,8,15H2,1H3,(H,17,18). The lowest BCUT2D eigenvalue weighted by atomic mass is 10.1. The van der Waals surface area contributed by atoms with Crippen molar-refractivity contribution in [1.29, 1.82) is 0 Å². The summed E-state index contributed by atoms with van der Waals surface area (Å²) in [6.45, 7) is 2.37. The molecule has 0 bridgehead atoms. The van der Waals surface area contributed by atoms with E-state index in [-0.39, 0.29) is 22.2 Å². The van der Waals surface area contributed by atoms with Crippen molar-refractivity contribution in [3.05, 3.63) is 23.8 Å². The van der Waals surface area contributed by atoms with Gasteiger partial charge in [-0.05, 0) is 38.0 Å². The zero-order valence-electron chi connectivity index (χ0n) is 11.9. The monoisotopic (exact) mass is 312 g/mol. The molecule has 21 heavy (non-hydrogen) atoms. The van der Waals surface area contributed by atoms with E-state index in [9.17, 15) is 13.2 Å². The molecule has 1 aliphatic heterocycles. The van der Waals surface area contributed by atoms with E-state index in [1.807, 2.05) is 6.92 Å². The molecule has 6 nitrogen and oxygen atoms in total. The molecule has 0 aliphatic carbocycles. The van der Waals surface area contributed by atoms with Crippen LogP contribution in [-0.2, 0) is 10.0 Å². The number of sulfonamides is 1. The fourth-order valence-corrected chi connectivity index (χ4v) is 4.45. The molecular formula is C14H20N2O4S. The van der Waals surface area contributed by atoms with Gasteiger partial charge in [-0.15, -0.1) is 0 Å². The zero-order chi connectivity index (χ0) is 15.6. The van der Waals surface area contributed by atoms with Gasteiger partial charge in [0.25, 0.3) is 0 Å². The van der Waals surface area contributed by atoms with Gasteiger partial charge >= 0.3 is 5.97 Å². The van der Waals surface area contributed by atoms with Crippen molar-refractivity contribution in [3.8, 4) is 0 Å². The van der Waals surface area contributed by atoms with E-state index in [0.29, 0.717) is 6.54 Å². The van der Waals surface area contributed by atoms with Gasteiger partial charge in [-0.25, -0.2) is 13.2 Å². The number of hydrogen-bond acceptors (Lipinski definition) is 4. The van der Waals surface area contributed by atoms with Gasteiger partial charge in [0.2, 0.25) is 10.0 Å². The van der Waals surface area contributed by atoms with Crippen molar-refractivity contribution >= 4 is 21.7 Å². The molecule has 1 unspecified atom stereocenters. The molecule has 116 valence electrons. The molecule has 3 N–H and O–H groups in total. The summed E-state index contributed by atoms with van der Waals surface area (Å²) in [6.07, 6.45) is 3.69. The maximum atomic E-state index is 12.8.